The van der Waals surface area contributed by atoms with Crippen LogP contribution in [0.3, 0.4) is 0 Å². The van der Waals surface area contributed by atoms with Crippen molar-refractivity contribution in [3.8, 4) is 5.75 Å². The Labute approximate surface area is 175 Å². The number of ether oxygens (including phenoxy) is 2. The van der Waals surface area contributed by atoms with Crippen molar-refractivity contribution in [1.82, 2.24) is 0 Å². The van der Waals surface area contributed by atoms with Gasteiger partial charge in [0.05, 0.1) is 13.7 Å². The Morgan fingerprint density at radius 3 is 2.35 bits per heavy atom. The Balaban J connectivity index is 2.53. The minimum Gasteiger partial charge on any atom is -0.743 e. The van der Waals surface area contributed by atoms with Gasteiger partial charge in [-0.15, -0.1) is 0 Å². The molecule has 26 heavy (non-hydrogen) atoms. The summed E-state index contributed by atoms with van der Waals surface area (Å²) >= 11 is 3.97. The molecule has 1 aromatic carbocycles. The molecule has 0 radical (unpaired) electrons. The maximum atomic E-state index is 13.2. The number of halogens is 5. The van der Waals surface area contributed by atoms with Gasteiger partial charge in [0.15, 0.2) is 22.9 Å². The number of carbonyl (C=O) groups is 1. The van der Waals surface area contributed by atoms with Gasteiger partial charge >= 0.3 is 11.2 Å². The topological polar surface area (TPSA) is 92.7 Å². The number of rotatable bonds is 9. The molecule has 1 rings (SSSR count). The molecule has 12 heteroatoms. The second-order valence-corrected chi connectivity index (χ2v) is 8.58. The number of hydrogen-bond donors (Lipinski definition) is 0. The van der Waals surface area contributed by atoms with Crippen LogP contribution in [0.2, 0.25) is 0 Å². The van der Waals surface area contributed by atoms with Crippen LogP contribution in [0.5, 0.6) is 5.75 Å². The second kappa shape index (κ2) is 9.54. The fraction of sp³-hybridized carbons (Fsp3) is 0.357. The Bertz CT molecular complexity index is 762. The number of esters is 1. The normalized spacial score (nSPS) is 13.2. The van der Waals surface area contributed by atoms with E-state index < -0.39 is 47.1 Å². The van der Waals surface area contributed by atoms with Gasteiger partial charge in [-0.05, 0) is 62.9 Å². The molecule has 0 fully saturated rings. The molecule has 1 aromatic rings. The Morgan fingerprint density at radius 1 is 1.35 bits per heavy atom. The van der Waals surface area contributed by atoms with E-state index in [1.54, 1.807) is 18.2 Å². The van der Waals surface area contributed by atoms with Crippen molar-refractivity contribution >= 4 is 67.3 Å². The number of hydrogen-bond acceptors (Lipinski definition) is 6. The van der Waals surface area contributed by atoms with Gasteiger partial charge in [0, 0.05) is 6.42 Å². The fourth-order valence-electron chi connectivity index (χ4n) is 1.61. The molecule has 0 bridgehead atoms. The summed E-state index contributed by atoms with van der Waals surface area (Å²) in [4.78, 5) is 11.5. The number of alkyl halides is 3. The SMILES string of the molecule is C=Cc1cc(I)c(OCC(=O)OCCC(F)C(F)(F)S(=O)(=O)[O-])c(I)c1. The van der Waals surface area contributed by atoms with Crippen molar-refractivity contribution in [2.45, 2.75) is 17.8 Å². The lowest BCUT2D eigenvalue weighted by Gasteiger charge is -2.23. The minimum atomic E-state index is -6.15. The summed E-state index contributed by atoms with van der Waals surface area (Å²) in [5.41, 5.74) is 0.844. The van der Waals surface area contributed by atoms with Gasteiger partial charge in [-0.1, -0.05) is 12.7 Å². The number of carbonyl (C=O) groups excluding carboxylic acids is 1. The third kappa shape index (κ3) is 6.23. The molecular weight excluding hydrogens is 607 g/mol. The van der Waals surface area contributed by atoms with Crippen molar-refractivity contribution in [3.63, 3.8) is 0 Å². The summed E-state index contributed by atoms with van der Waals surface area (Å²) in [6.45, 7) is 2.24. The zero-order valence-electron chi connectivity index (χ0n) is 12.9. The van der Waals surface area contributed by atoms with E-state index in [4.69, 9.17) is 4.74 Å². The van der Waals surface area contributed by atoms with Crippen LogP contribution in [0.1, 0.15) is 12.0 Å². The molecule has 0 spiro atoms. The van der Waals surface area contributed by atoms with Crippen LogP contribution in [-0.2, 0) is 19.6 Å². The quantitative estimate of drug-likeness (QED) is 0.240. The average molecular weight is 619 g/mol. The molecule has 0 aliphatic heterocycles. The van der Waals surface area contributed by atoms with E-state index in [1.165, 1.54) is 0 Å². The first-order chi connectivity index (χ1) is 11.9. The van der Waals surface area contributed by atoms with Crippen molar-refractivity contribution in [3.05, 3.63) is 31.4 Å². The summed E-state index contributed by atoms with van der Waals surface area (Å²) in [5.74, 6) is -0.564. The highest BCUT2D eigenvalue weighted by Crippen LogP contribution is 2.30. The van der Waals surface area contributed by atoms with Gasteiger partial charge in [0.1, 0.15) is 5.75 Å². The Morgan fingerprint density at radius 2 is 1.88 bits per heavy atom. The molecule has 0 aliphatic carbocycles. The van der Waals surface area contributed by atoms with Crippen LogP contribution in [-0.4, -0.2) is 43.6 Å². The minimum absolute atomic E-state index is 0.404. The highest BCUT2D eigenvalue weighted by atomic mass is 127. The van der Waals surface area contributed by atoms with Crippen molar-refractivity contribution in [2.24, 2.45) is 0 Å². The van der Waals surface area contributed by atoms with Gasteiger partial charge in [0.2, 0.25) is 0 Å². The molecule has 0 aliphatic rings. The van der Waals surface area contributed by atoms with Crippen LogP contribution in [0.15, 0.2) is 18.7 Å². The first-order valence-electron chi connectivity index (χ1n) is 6.77. The van der Waals surface area contributed by atoms with E-state index in [-0.39, 0.29) is 0 Å². The van der Waals surface area contributed by atoms with E-state index in [1.807, 2.05) is 45.2 Å². The highest BCUT2D eigenvalue weighted by molar-refractivity contribution is 14.1. The molecule has 0 N–H and O–H groups in total. The Hall–Kier alpha value is -0.610. The average Bonchev–Trinajstić information content (AvgIpc) is 2.52. The van der Waals surface area contributed by atoms with E-state index >= 15 is 0 Å². The zero-order chi connectivity index (χ0) is 20.1. The monoisotopic (exact) mass is 619 g/mol. The third-order valence-corrected chi connectivity index (χ3v) is 5.45. The van der Waals surface area contributed by atoms with Gasteiger partial charge < -0.3 is 14.0 Å². The molecule has 146 valence electrons. The lowest BCUT2D eigenvalue weighted by molar-refractivity contribution is -0.147. The largest absolute Gasteiger partial charge is 0.743 e. The molecule has 0 aromatic heterocycles. The molecule has 0 amide bonds. The van der Waals surface area contributed by atoms with E-state index in [2.05, 4.69) is 11.3 Å². The van der Waals surface area contributed by atoms with Crippen molar-refractivity contribution in [1.29, 1.82) is 0 Å². The second-order valence-electron chi connectivity index (χ2n) is 4.80. The predicted molar refractivity (Wildman–Crippen MR) is 103 cm³/mol. The maximum absolute atomic E-state index is 13.2. The molecule has 1 unspecified atom stereocenters. The van der Waals surface area contributed by atoms with Crippen LogP contribution < -0.4 is 4.74 Å². The maximum Gasteiger partial charge on any atom is 0.364 e. The van der Waals surface area contributed by atoms with E-state index in [0.717, 1.165) is 5.56 Å². The molecule has 0 saturated heterocycles. The molecular formula is C14H12F3I2O6S-. The van der Waals surface area contributed by atoms with Crippen LogP contribution in [0, 0.1) is 7.14 Å². The first-order valence-corrected chi connectivity index (χ1v) is 10.3. The van der Waals surface area contributed by atoms with Crippen molar-refractivity contribution < 1.29 is 40.4 Å². The van der Waals surface area contributed by atoms with E-state index in [0.29, 0.717) is 12.9 Å². The highest BCUT2D eigenvalue weighted by Gasteiger charge is 2.47. The summed E-state index contributed by atoms with van der Waals surface area (Å²) in [6.07, 6.45) is -2.80. The Kier molecular flexibility index (Phi) is 8.60. The summed E-state index contributed by atoms with van der Waals surface area (Å²) < 4.78 is 81.1. The summed E-state index contributed by atoms with van der Waals surface area (Å²) in [5, 5.41) is -5.09. The third-order valence-electron chi connectivity index (χ3n) is 2.92. The van der Waals surface area contributed by atoms with Gasteiger partial charge in [-0.25, -0.2) is 17.6 Å². The van der Waals surface area contributed by atoms with Gasteiger partial charge in [0.25, 0.3) is 0 Å². The summed E-state index contributed by atoms with van der Waals surface area (Å²) in [6, 6.07) is 3.52. The van der Waals surface area contributed by atoms with Crippen molar-refractivity contribution in [2.75, 3.05) is 13.2 Å². The van der Waals surface area contributed by atoms with Gasteiger partial charge in [-0.2, -0.15) is 8.78 Å². The zero-order valence-corrected chi connectivity index (χ0v) is 18.0. The molecule has 1 atom stereocenters. The lowest BCUT2D eigenvalue weighted by atomic mass is 10.2. The smallest absolute Gasteiger partial charge is 0.364 e. The molecule has 0 heterocycles. The van der Waals surface area contributed by atoms with Crippen LogP contribution in [0.25, 0.3) is 6.08 Å². The number of benzene rings is 1. The standard InChI is InChI=1S/C14H13F3I2O6S/c1-2-8-5-9(18)13(10(19)6-8)25-7-12(20)24-4-3-11(15)14(16,17)26(21,22)23/h2,5-6,11H,1,3-4,7H2,(H,21,22,23)/p-1. The molecule has 0 saturated carbocycles. The first kappa shape index (κ1) is 23.4. The lowest BCUT2D eigenvalue weighted by Crippen LogP contribution is -2.39. The predicted octanol–water partition coefficient (Wildman–Crippen LogP) is 3.33. The van der Waals surface area contributed by atoms with E-state index in [9.17, 15) is 30.9 Å². The van der Waals surface area contributed by atoms with Gasteiger partial charge in [-0.3, -0.25) is 0 Å². The van der Waals surface area contributed by atoms with Crippen LogP contribution in [0.4, 0.5) is 13.2 Å². The molecule has 6 nitrogen and oxygen atoms in total. The fourth-order valence-corrected chi connectivity index (χ4v) is 4.17. The summed E-state index contributed by atoms with van der Waals surface area (Å²) in [7, 11) is -6.15. The van der Waals surface area contributed by atoms with Crippen LogP contribution >= 0.6 is 45.2 Å².